The summed E-state index contributed by atoms with van der Waals surface area (Å²) >= 11 is 0. The number of piperidine rings is 1. The summed E-state index contributed by atoms with van der Waals surface area (Å²) in [6.07, 6.45) is 3.58. The molecule has 1 aromatic rings. The van der Waals surface area contributed by atoms with E-state index in [9.17, 15) is 0 Å². The Morgan fingerprint density at radius 1 is 1.25 bits per heavy atom. The van der Waals surface area contributed by atoms with Crippen molar-refractivity contribution in [3.05, 3.63) is 17.0 Å². The number of aromatic nitrogens is 2. The smallest absolute Gasteiger partial charge is 0.191 e. The van der Waals surface area contributed by atoms with E-state index in [1.54, 1.807) is 0 Å². The fourth-order valence-corrected chi connectivity index (χ4v) is 3.83. The zero-order chi connectivity index (χ0) is 20.0. The summed E-state index contributed by atoms with van der Waals surface area (Å²) in [6, 6.07) is 0.793. The van der Waals surface area contributed by atoms with Gasteiger partial charge in [0.05, 0.1) is 12.2 Å². The van der Waals surface area contributed by atoms with E-state index >= 15 is 0 Å². The summed E-state index contributed by atoms with van der Waals surface area (Å²) in [4.78, 5) is 7.45. The van der Waals surface area contributed by atoms with Crippen LogP contribution in [-0.4, -0.2) is 58.9 Å². The molecule has 2 rings (SSSR count). The lowest BCUT2D eigenvalue weighted by Crippen LogP contribution is -2.45. The standard InChI is InChI=1S/C21H40N6.HI/c1-8-22-21(23-14-17(4)27-11-9-15(2)10-12-27)24-16(3)13-20-18(5)25-26(7)19(20)6;/h15-17H,8-14H2,1-7H3,(H2,22,23,24);1H. The Balaban J connectivity index is 0.00000392. The van der Waals surface area contributed by atoms with E-state index < -0.39 is 0 Å². The van der Waals surface area contributed by atoms with Gasteiger partial charge in [0.2, 0.25) is 0 Å². The third kappa shape index (κ3) is 7.21. The Bertz CT molecular complexity index is 619. The molecule has 0 aromatic carbocycles. The predicted octanol–water partition coefficient (Wildman–Crippen LogP) is 3.26. The van der Waals surface area contributed by atoms with Gasteiger partial charge in [-0.05, 0) is 78.5 Å². The molecule has 162 valence electrons. The first-order valence-electron chi connectivity index (χ1n) is 10.6. The molecular formula is C21H41IN6. The van der Waals surface area contributed by atoms with E-state index in [1.165, 1.54) is 37.2 Å². The molecular weight excluding hydrogens is 463 g/mol. The van der Waals surface area contributed by atoms with Gasteiger partial charge in [-0.15, -0.1) is 24.0 Å². The van der Waals surface area contributed by atoms with E-state index in [1.807, 2.05) is 11.7 Å². The first-order chi connectivity index (χ1) is 12.8. The number of aliphatic imine (C=N–C) groups is 1. The second-order valence-corrected chi connectivity index (χ2v) is 8.31. The molecule has 0 spiro atoms. The van der Waals surface area contributed by atoms with Crippen molar-refractivity contribution >= 4 is 29.9 Å². The van der Waals surface area contributed by atoms with Crippen molar-refractivity contribution in [2.24, 2.45) is 18.0 Å². The molecule has 2 unspecified atom stereocenters. The molecule has 1 aromatic heterocycles. The maximum atomic E-state index is 4.87. The number of nitrogens with one attached hydrogen (secondary N) is 2. The monoisotopic (exact) mass is 504 g/mol. The maximum absolute atomic E-state index is 4.87. The van der Waals surface area contributed by atoms with Crippen LogP contribution in [0.3, 0.4) is 0 Å². The van der Waals surface area contributed by atoms with Gasteiger partial charge >= 0.3 is 0 Å². The van der Waals surface area contributed by atoms with Crippen LogP contribution < -0.4 is 10.6 Å². The first kappa shape index (κ1) is 25.2. The number of rotatable bonds is 7. The van der Waals surface area contributed by atoms with E-state index in [0.717, 1.165) is 37.1 Å². The molecule has 28 heavy (non-hydrogen) atoms. The number of halogens is 1. The Morgan fingerprint density at radius 3 is 2.43 bits per heavy atom. The molecule has 0 amide bonds. The molecule has 1 fully saturated rings. The number of aryl methyl sites for hydroxylation is 2. The number of nitrogens with zero attached hydrogens (tertiary/aromatic N) is 4. The van der Waals surface area contributed by atoms with E-state index in [4.69, 9.17) is 4.99 Å². The molecule has 2 N–H and O–H groups in total. The minimum absolute atomic E-state index is 0. The quantitative estimate of drug-likeness (QED) is 0.340. The van der Waals surface area contributed by atoms with E-state index in [0.29, 0.717) is 12.1 Å². The van der Waals surface area contributed by atoms with Crippen LogP contribution in [0.25, 0.3) is 0 Å². The van der Waals surface area contributed by atoms with Gasteiger partial charge in [0.1, 0.15) is 0 Å². The van der Waals surface area contributed by atoms with Crippen molar-refractivity contribution < 1.29 is 0 Å². The topological polar surface area (TPSA) is 57.5 Å². The van der Waals surface area contributed by atoms with Crippen molar-refractivity contribution in [2.75, 3.05) is 26.2 Å². The molecule has 1 saturated heterocycles. The number of guanidine groups is 1. The Hall–Kier alpha value is -0.830. The van der Waals surface area contributed by atoms with Crippen LogP contribution in [0.1, 0.15) is 57.5 Å². The Labute approximate surface area is 189 Å². The summed E-state index contributed by atoms with van der Waals surface area (Å²) in [5.74, 6) is 1.79. The summed E-state index contributed by atoms with van der Waals surface area (Å²) < 4.78 is 1.97. The van der Waals surface area contributed by atoms with Crippen molar-refractivity contribution in [1.82, 2.24) is 25.3 Å². The highest BCUT2D eigenvalue weighted by Gasteiger charge is 2.20. The van der Waals surface area contributed by atoms with Gasteiger partial charge in [-0.3, -0.25) is 14.6 Å². The maximum Gasteiger partial charge on any atom is 0.191 e. The zero-order valence-electron chi connectivity index (χ0n) is 18.9. The van der Waals surface area contributed by atoms with Gasteiger partial charge in [0.15, 0.2) is 5.96 Å². The number of likely N-dealkylation sites (tertiary alicyclic amines) is 1. The fraction of sp³-hybridized carbons (Fsp3) is 0.810. The lowest BCUT2D eigenvalue weighted by molar-refractivity contribution is 0.150. The Kier molecular flexibility index (Phi) is 10.8. The minimum Gasteiger partial charge on any atom is -0.357 e. The first-order valence-corrected chi connectivity index (χ1v) is 10.6. The summed E-state index contributed by atoms with van der Waals surface area (Å²) in [6.45, 7) is 17.4. The second-order valence-electron chi connectivity index (χ2n) is 8.31. The average Bonchev–Trinajstić information content (AvgIpc) is 2.86. The fourth-order valence-electron chi connectivity index (χ4n) is 3.83. The van der Waals surface area contributed by atoms with Gasteiger partial charge < -0.3 is 10.6 Å². The van der Waals surface area contributed by atoms with Crippen LogP contribution in [0.4, 0.5) is 0 Å². The van der Waals surface area contributed by atoms with Gasteiger partial charge in [-0.1, -0.05) is 6.92 Å². The summed E-state index contributed by atoms with van der Waals surface area (Å²) in [5, 5.41) is 11.5. The predicted molar refractivity (Wildman–Crippen MR) is 130 cm³/mol. The highest BCUT2D eigenvalue weighted by Crippen LogP contribution is 2.18. The third-order valence-electron chi connectivity index (χ3n) is 5.85. The zero-order valence-corrected chi connectivity index (χ0v) is 21.2. The lowest BCUT2D eigenvalue weighted by Gasteiger charge is -2.34. The molecule has 7 heteroatoms. The molecule has 0 bridgehead atoms. The Morgan fingerprint density at radius 2 is 1.89 bits per heavy atom. The second kappa shape index (κ2) is 12.0. The van der Waals surface area contributed by atoms with Crippen LogP contribution in [0.2, 0.25) is 0 Å². The van der Waals surface area contributed by atoms with Crippen LogP contribution in [-0.2, 0) is 13.5 Å². The molecule has 0 saturated carbocycles. The molecule has 0 aliphatic carbocycles. The largest absolute Gasteiger partial charge is 0.357 e. The molecule has 1 aliphatic rings. The molecule has 2 heterocycles. The minimum atomic E-state index is 0. The van der Waals surface area contributed by atoms with Gasteiger partial charge in [0, 0.05) is 31.4 Å². The molecule has 2 atom stereocenters. The highest BCUT2D eigenvalue weighted by atomic mass is 127. The molecule has 0 radical (unpaired) electrons. The van der Waals surface area contributed by atoms with Gasteiger partial charge in [-0.25, -0.2) is 0 Å². The lowest BCUT2D eigenvalue weighted by atomic mass is 9.98. The normalized spacial score (nSPS) is 18.5. The average molecular weight is 505 g/mol. The van der Waals surface area contributed by atoms with Crippen molar-refractivity contribution in [2.45, 2.75) is 72.9 Å². The molecule has 1 aliphatic heterocycles. The van der Waals surface area contributed by atoms with Gasteiger partial charge in [0.25, 0.3) is 0 Å². The SMILES string of the molecule is CCNC(=NCC(C)N1CCC(C)CC1)NC(C)Cc1c(C)nn(C)c1C.I. The van der Waals surface area contributed by atoms with Crippen LogP contribution in [0.15, 0.2) is 4.99 Å². The number of hydrogen-bond donors (Lipinski definition) is 2. The van der Waals surface area contributed by atoms with Gasteiger partial charge in [-0.2, -0.15) is 5.10 Å². The van der Waals surface area contributed by atoms with Crippen molar-refractivity contribution in [3.8, 4) is 0 Å². The highest BCUT2D eigenvalue weighted by molar-refractivity contribution is 14.0. The van der Waals surface area contributed by atoms with Crippen LogP contribution in [0.5, 0.6) is 0 Å². The van der Waals surface area contributed by atoms with Crippen molar-refractivity contribution in [1.29, 1.82) is 0 Å². The van der Waals surface area contributed by atoms with E-state index in [2.05, 4.69) is 62.2 Å². The third-order valence-corrected chi connectivity index (χ3v) is 5.85. The summed E-state index contributed by atoms with van der Waals surface area (Å²) in [5.41, 5.74) is 3.71. The van der Waals surface area contributed by atoms with Crippen LogP contribution in [0, 0.1) is 19.8 Å². The molecule has 6 nitrogen and oxygen atoms in total. The van der Waals surface area contributed by atoms with E-state index in [-0.39, 0.29) is 24.0 Å². The van der Waals surface area contributed by atoms with Crippen molar-refractivity contribution in [3.63, 3.8) is 0 Å². The van der Waals surface area contributed by atoms with Crippen LogP contribution >= 0.6 is 24.0 Å². The number of hydrogen-bond acceptors (Lipinski definition) is 3. The summed E-state index contributed by atoms with van der Waals surface area (Å²) in [7, 11) is 2.01.